The Labute approximate surface area is 224 Å². The number of carbonyl (C=O) groups is 5. The molecule has 2 unspecified atom stereocenters. The highest BCUT2D eigenvalue weighted by Crippen LogP contribution is 2.51. The number of hydrogen-bond donors (Lipinski definition) is 3. The van der Waals surface area contributed by atoms with Gasteiger partial charge in [-0.25, -0.2) is 0 Å². The van der Waals surface area contributed by atoms with Crippen molar-refractivity contribution in [2.75, 3.05) is 14.1 Å². The van der Waals surface area contributed by atoms with Gasteiger partial charge in [0.2, 0.25) is 5.91 Å². The van der Waals surface area contributed by atoms with Crippen LogP contribution in [0.2, 0.25) is 0 Å². The smallest absolute Gasteiger partial charge is 0.235 e. The minimum Gasteiger partial charge on any atom is -0.507 e. The number of allylic oxidation sites excluding steroid dienone is 1. The molecule has 9 nitrogen and oxygen atoms in total. The Hall–Kier alpha value is -3.95. The Bertz CT molecular complexity index is 1540. The van der Waals surface area contributed by atoms with Crippen molar-refractivity contribution in [3.63, 3.8) is 0 Å². The molecule has 0 spiro atoms. The van der Waals surface area contributed by atoms with Gasteiger partial charge in [0.15, 0.2) is 34.7 Å². The van der Waals surface area contributed by atoms with Crippen LogP contribution in [0.5, 0.6) is 5.75 Å². The van der Waals surface area contributed by atoms with Crippen LogP contribution >= 0.6 is 0 Å². The van der Waals surface area contributed by atoms with E-state index >= 15 is 0 Å². The number of rotatable bonds is 3. The lowest BCUT2D eigenvalue weighted by molar-refractivity contribution is -0.181. The molecule has 6 rings (SSSR count). The summed E-state index contributed by atoms with van der Waals surface area (Å²) in [4.78, 5) is 68.0. The summed E-state index contributed by atoms with van der Waals surface area (Å²) in [7, 11) is 3.13. The average Bonchev–Trinajstić information content (AvgIpc) is 3.30. The van der Waals surface area contributed by atoms with Crippen molar-refractivity contribution in [1.29, 1.82) is 0 Å². The fourth-order valence-corrected chi connectivity index (χ4v) is 7.36. The van der Waals surface area contributed by atoms with E-state index in [1.54, 1.807) is 20.2 Å². The minimum atomic E-state index is -2.72. The van der Waals surface area contributed by atoms with E-state index < -0.39 is 64.4 Å². The number of likely N-dealkylation sites (N-methyl/N-ethyl adjacent to an activating group) is 1. The largest absolute Gasteiger partial charge is 0.507 e. The molecule has 2 aromatic carbocycles. The fourth-order valence-electron chi connectivity index (χ4n) is 7.36. The first-order valence-corrected chi connectivity index (χ1v) is 12.9. The van der Waals surface area contributed by atoms with Gasteiger partial charge >= 0.3 is 0 Å². The zero-order valence-corrected chi connectivity index (χ0v) is 21.5. The zero-order valence-electron chi connectivity index (χ0n) is 21.5. The van der Waals surface area contributed by atoms with Crippen LogP contribution in [0, 0.1) is 23.7 Å². The quantitative estimate of drug-likeness (QED) is 0.498. The number of ketones is 4. The average molecular weight is 529 g/mol. The summed E-state index contributed by atoms with van der Waals surface area (Å²) in [5, 5.41) is 22.4. The van der Waals surface area contributed by atoms with Crippen LogP contribution in [-0.4, -0.2) is 69.9 Å². The second-order valence-corrected chi connectivity index (χ2v) is 11.3. The second kappa shape index (κ2) is 8.53. The molecule has 0 radical (unpaired) electrons. The Kier molecular flexibility index (Phi) is 5.54. The van der Waals surface area contributed by atoms with E-state index in [1.165, 1.54) is 11.0 Å². The van der Waals surface area contributed by atoms with Gasteiger partial charge in [-0.2, -0.15) is 0 Å². The number of phenols is 1. The van der Waals surface area contributed by atoms with Gasteiger partial charge in [-0.05, 0) is 73.2 Å². The van der Waals surface area contributed by atoms with Gasteiger partial charge in [0.25, 0.3) is 0 Å². The van der Waals surface area contributed by atoms with Crippen LogP contribution in [0.3, 0.4) is 0 Å². The van der Waals surface area contributed by atoms with Gasteiger partial charge in [0.1, 0.15) is 5.75 Å². The number of amides is 1. The van der Waals surface area contributed by atoms with Crippen molar-refractivity contribution in [2.24, 2.45) is 29.4 Å². The van der Waals surface area contributed by atoms with Crippen LogP contribution in [0.1, 0.15) is 39.0 Å². The molecule has 2 aromatic rings. The topological polar surface area (TPSA) is 155 Å². The number of primary amides is 1. The first kappa shape index (κ1) is 25.3. The van der Waals surface area contributed by atoms with Crippen LogP contribution in [0.25, 0.3) is 11.6 Å². The molecular formula is C30H28N2O7. The maximum absolute atomic E-state index is 13.9. The molecule has 0 bridgehead atoms. The van der Waals surface area contributed by atoms with E-state index in [4.69, 9.17) is 5.73 Å². The number of Topliss-reactive ketones (excluding diaryl/α,β-unsaturated/α-hetero) is 4. The van der Waals surface area contributed by atoms with E-state index in [2.05, 4.69) is 0 Å². The van der Waals surface area contributed by atoms with E-state index in [0.29, 0.717) is 12.0 Å². The summed E-state index contributed by atoms with van der Waals surface area (Å²) >= 11 is 0. The Morgan fingerprint density at radius 3 is 2.44 bits per heavy atom. The van der Waals surface area contributed by atoms with Crippen molar-refractivity contribution in [1.82, 2.24) is 4.90 Å². The van der Waals surface area contributed by atoms with Gasteiger partial charge in [-0.15, -0.1) is 0 Å². The van der Waals surface area contributed by atoms with Crippen LogP contribution < -0.4 is 5.73 Å². The molecule has 0 aliphatic heterocycles. The molecule has 4 N–H and O–H groups in total. The highest BCUT2D eigenvalue weighted by molar-refractivity contribution is 6.32. The molecular weight excluding hydrogens is 500 g/mol. The number of nitrogens with two attached hydrogens (primary N) is 1. The summed E-state index contributed by atoms with van der Waals surface area (Å²) in [6, 6.07) is 10.0. The monoisotopic (exact) mass is 528 g/mol. The highest BCUT2D eigenvalue weighted by atomic mass is 16.3. The summed E-state index contributed by atoms with van der Waals surface area (Å²) in [6.07, 6.45) is 2.96. The molecule has 1 amide bonds. The molecule has 4 aliphatic carbocycles. The second-order valence-electron chi connectivity index (χ2n) is 11.3. The van der Waals surface area contributed by atoms with Gasteiger partial charge in [0, 0.05) is 5.92 Å². The molecule has 9 heteroatoms. The van der Waals surface area contributed by atoms with Crippen molar-refractivity contribution in [2.45, 2.75) is 30.9 Å². The van der Waals surface area contributed by atoms with Crippen molar-refractivity contribution < 1.29 is 34.2 Å². The Morgan fingerprint density at radius 1 is 1.05 bits per heavy atom. The predicted molar refractivity (Wildman–Crippen MR) is 139 cm³/mol. The molecule has 0 aromatic heterocycles. The minimum absolute atomic E-state index is 0.0101. The first-order chi connectivity index (χ1) is 18.5. The van der Waals surface area contributed by atoms with Gasteiger partial charge in [-0.1, -0.05) is 36.4 Å². The first-order valence-electron chi connectivity index (χ1n) is 12.9. The SMILES string of the molecule is CN(C)[C@H]1C(=O)C(C(N)=O)C(=O)[C@]2(O)C(=O)C3C(=O)c4c(O)ccc(C5=Cc6ccccc6C5)c4C[C@@H]3C[C@H]12. The number of benzene rings is 2. The van der Waals surface area contributed by atoms with E-state index in [0.717, 1.165) is 22.3 Å². The number of aromatic hydroxyl groups is 1. The standard InChI is InChI=1S/C30H28N2O7/c1-32(2)24-19-12-16-11-18-17(15-9-13-5-3-4-6-14(13)10-15)7-8-20(33)22(18)25(34)21(16)27(36)30(19,39)28(37)23(26(24)35)29(31)38/h3-9,16,19,21,23-24,33,39H,10-12H2,1-2H3,(H2,31,38)/t16-,19-,21?,23?,24-,30-/m1/s1. The lowest BCUT2D eigenvalue weighted by Gasteiger charge is -2.52. The fraction of sp³-hybridized carbons (Fsp3) is 0.367. The third-order valence-electron chi connectivity index (χ3n) is 9.06. The third kappa shape index (κ3) is 3.36. The lowest BCUT2D eigenvalue weighted by Crippen LogP contribution is -2.74. The highest BCUT2D eigenvalue weighted by Gasteiger charge is 2.69. The maximum atomic E-state index is 13.9. The van der Waals surface area contributed by atoms with Crippen molar-refractivity contribution in [3.8, 4) is 5.75 Å². The number of carbonyl (C=O) groups excluding carboxylic acids is 5. The van der Waals surface area contributed by atoms with Crippen LogP contribution in [0.15, 0.2) is 36.4 Å². The van der Waals surface area contributed by atoms with E-state index in [-0.39, 0.29) is 24.2 Å². The van der Waals surface area contributed by atoms with E-state index in [1.807, 2.05) is 30.3 Å². The molecule has 0 saturated heterocycles. The van der Waals surface area contributed by atoms with Gasteiger partial charge in [0.05, 0.1) is 17.5 Å². The molecule has 0 heterocycles. The molecule has 2 fully saturated rings. The number of nitrogens with zero attached hydrogens (tertiary/aromatic N) is 1. The van der Waals surface area contributed by atoms with Crippen LogP contribution in [-0.2, 0) is 32.0 Å². The van der Waals surface area contributed by atoms with Gasteiger partial charge in [-0.3, -0.25) is 28.9 Å². The van der Waals surface area contributed by atoms with E-state index in [9.17, 15) is 34.2 Å². The zero-order chi connectivity index (χ0) is 28.0. The summed E-state index contributed by atoms with van der Waals surface area (Å²) in [5.41, 5.74) is 7.26. The summed E-state index contributed by atoms with van der Waals surface area (Å²) < 4.78 is 0. The number of phenolic OH excluding ortho intramolecular Hbond substituents is 1. The van der Waals surface area contributed by atoms with Crippen molar-refractivity contribution >= 4 is 40.7 Å². The molecule has 4 aliphatic rings. The molecule has 200 valence electrons. The predicted octanol–water partition coefficient (Wildman–Crippen LogP) is 0.964. The normalized spacial score (nSPS) is 31.4. The third-order valence-corrected chi connectivity index (χ3v) is 9.06. The number of fused-ring (bicyclic) bond motifs is 4. The number of aliphatic hydroxyl groups is 1. The Morgan fingerprint density at radius 2 is 1.77 bits per heavy atom. The van der Waals surface area contributed by atoms with Crippen molar-refractivity contribution in [3.05, 3.63) is 64.2 Å². The van der Waals surface area contributed by atoms with Crippen LogP contribution in [0.4, 0.5) is 0 Å². The molecule has 39 heavy (non-hydrogen) atoms. The molecule has 2 saturated carbocycles. The van der Waals surface area contributed by atoms with Gasteiger partial charge < -0.3 is 15.9 Å². The summed E-state index contributed by atoms with van der Waals surface area (Å²) in [6.45, 7) is 0. The lowest BCUT2D eigenvalue weighted by atomic mass is 9.52. The Balaban J connectivity index is 1.46. The maximum Gasteiger partial charge on any atom is 0.235 e. The number of hydrogen-bond acceptors (Lipinski definition) is 8. The molecule has 6 atom stereocenters. The summed E-state index contributed by atoms with van der Waals surface area (Å²) in [5.74, 6) is -10.4.